The first-order chi connectivity index (χ1) is 9.22. The quantitative estimate of drug-likeness (QED) is 0.638. The summed E-state index contributed by atoms with van der Waals surface area (Å²) in [6.45, 7) is 3.28. The zero-order valence-electron chi connectivity index (χ0n) is 12.3. The smallest absolute Gasteiger partial charge is 0.103 e. The van der Waals surface area contributed by atoms with Gasteiger partial charge >= 0.3 is 0 Å². The zero-order valence-corrected chi connectivity index (χ0v) is 15.5. The molecule has 0 aliphatic carbocycles. The molecule has 1 aliphatic rings. The van der Waals surface area contributed by atoms with Crippen LogP contribution in [0.4, 0.5) is 0 Å². The standard InChI is InChI=1S/C13H23N3OS2.2ClH/c1-18-8-12-16-11(7-19-12)3-6-15-10-13(17)4-2-5-14-9-13;;/h7,14-15,17H,2-6,8-10H2,1H3;2*1H. The molecule has 1 unspecified atom stereocenters. The molecular weight excluding hydrogens is 349 g/mol. The van der Waals surface area contributed by atoms with Crippen LogP contribution in [0.1, 0.15) is 23.5 Å². The molecule has 0 spiro atoms. The van der Waals surface area contributed by atoms with Crippen LogP contribution in [-0.4, -0.2) is 48.1 Å². The van der Waals surface area contributed by atoms with Crippen LogP contribution in [0.25, 0.3) is 0 Å². The van der Waals surface area contributed by atoms with E-state index in [0.717, 1.165) is 43.8 Å². The van der Waals surface area contributed by atoms with Gasteiger partial charge in [-0.05, 0) is 25.6 Å². The number of aliphatic hydroxyl groups is 1. The third-order valence-electron chi connectivity index (χ3n) is 3.33. The van der Waals surface area contributed by atoms with Crippen molar-refractivity contribution in [3.8, 4) is 0 Å². The number of thioether (sulfide) groups is 1. The number of hydrogen-bond donors (Lipinski definition) is 3. The minimum atomic E-state index is -0.565. The van der Waals surface area contributed by atoms with Crippen molar-refractivity contribution in [1.29, 1.82) is 0 Å². The molecule has 3 N–H and O–H groups in total. The Morgan fingerprint density at radius 1 is 1.52 bits per heavy atom. The molecule has 1 fully saturated rings. The first-order valence-electron chi connectivity index (χ1n) is 6.78. The first kappa shape index (κ1) is 21.4. The molecule has 1 aliphatic heterocycles. The summed E-state index contributed by atoms with van der Waals surface area (Å²) in [6.07, 6.45) is 4.99. The number of hydrogen-bond acceptors (Lipinski definition) is 6. The molecular formula is C13H25Cl2N3OS2. The Kier molecular flexibility index (Phi) is 11.3. The van der Waals surface area contributed by atoms with Gasteiger partial charge in [0.05, 0.1) is 11.3 Å². The van der Waals surface area contributed by atoms with Crippen LogP contribution in [0, 0.1) is 0 Å². The van der Waals surface area contributed by atoms with Gasteiger partial charge in [0.25, 0.3) is 0 Å². The lowest BCUT2D eigenvalue weighted by Gasteiger charge is -2.32. The summed E-state index contributed by atoms with van der Waals surface area (Å²) in [6, 6.07) is 0. The first-order valence-corrected chi connectivity index (χ1v) is 9.05. The third kappa shape index (κ3) is 7.50. The highest BCUT2D eigenvalue weighted by Gasteiger charge is 2.28. The highest BCUT2D eigenvalue weighted by molar-refractivity contribution is 7.97. The molecule has 4 nitrogen and oxygen atoms in total. The van der Waals surface area contributed by atoms with Gasteiger partial charge in [0.1, 0.15) is 5.01 Å². The Morgan fingerprint density at radius 2 is 2.33 bits per heavy atom. The number of aromatic nitrogens is 1. The van der Waals surface area contributed by atoms with E-state index in [9.17, 15) is 5.11 Å². The van der Waals surface area contributed by atoms with Gasteiger partial charge in [0, 0.05) is 37.2 Å². The number of thiazole rings is 1. The Bertz CT molecular complexity index is 387. The van der Waals surface area contributed by atoms with Crippen molar-refractivity contribution in [2.45, 2.75) is 30.6 Å². The van der Waals surface area contributed by atoms with Crippen molar-refractivity contribution in [2.75, 3.05) is 32.4 Å². The van der Waals surface area contributed by atoms with E-state index in [1.165, 1.54) is 5.01 Å². The number of rotatable bonds is 7. The van der Waals surface area contributed by atoms with E-state index in [2.05, 4.69) is 27.3 Å². The predicted octanol–water partition coefficient (Wildman–Crippen LogP) is 2.10. The maximum Gasteiger partial charge on any atom is 0.103 e. The van der Waals surface area contributed by atoms with Crippen molar-refractivity contribution >= 4 is 47.9 Å². The van der Waals surface area contributed by atoms with Crippen molar-refractivity contribution in [3.05, 3.63) is 16.1 Å². The van der Waals surface area contributed by atoms with Gasteiger partial charge in [0.15, 0.2) is 0 Å². The Labute approximate surface area is 147 Å². The summed E-state index contributed by atoms with van der Waals surface area (Å²) in [5.74, 6) is 1.00. The van der Waals surface area contributed by atoms with Gasteiger partial charge in [-0.15, -0.1) is 36.2 Å². The lowest BCUT2D eigenvalue weighted by molar-refractivity contribution is 0.0174. The summed E-state index contributed by atoms with van der Waals surface area (Å²) in [7, 11) is 0. The van der Waals surface area contributed by atoms with Gasteiger partial charge < -0.3 is 15.7 Å². The fourth-order valence-corrected chi connectivity index (χ4v) is 3.84. The summed E-state index contributed by atoms with van der Waals surface area (Å²) >= 11 is 3.55. The molecule has 0 saturated carbocycles. The molecule has 21 heavy (non-hydrogen) atoms. The highest BCUT2D eigenvalue weighted by Crippen LogP contribution is 2.16. The van der Waals surface area contributed by atoms with Crippen LogP contribution in [-0.2, 0) is 12.2 Å². The average Bonchev–Trinajstić information content (AvgIpc) is 2.84. The number of nitrogens with one attached hydrogen (secondary N) is 2. The van der Waals surface area contributed by atoms with E-state index in [-0.39, 0.29) is 24.8 Å². The molecule has 2 rings (SSSR count). The topological polar surface area (TPSA) is 57.2 Å². The van der Waals surface area contributed by atoms with Crippen molar-refractivity contribution in [2.24, 2.45) is 0 Å². The second-order valence-electron chi connectivity index (χ2n) is 5.10. The maximum absolute atomic E-state index is 10.3. The third-order valence-corrected chi connectivity index (χ3v) is 4.97. The summed E-state index contributed by atoms with van der Waals surface area (Å²) in [4.78, 5) is 4.58. The predicted molar refractivity (Wildman–Crippen MR) is 97.5 cm³/mol. The van der Waals surface area contributed by atoms with Gasteiger partial charge in [0.2, 0.25) is 0 Å². The molecule has 1 saturated heterocycles. The number of halogens is 2. The molecule has 8 heteroatoms. The minimum absolute atomic E-state index is 0. The second kappa shape index (κ2) is 11.0. The molecule has 1 aromatic rings. The highest BCUT2D eigenvalue weighted by atomic mass is 35.5. The minimum Gasteiger partial charge on any atom is -0.387 e. The Balaban J connectivity index is 0.00000200. The van der Waals surface area contributed by atoms with E-state index in [0.29, 0.717) is 13.1 Å². The SMILES string of the molecule is CSCc1nc(CCNCC2(O)CCCNC2)cs1.Cl.Cl. The number of nitrogens with zero attached hydrogens (tertiary/aromatic N) is 1. The zero-order chi connectivity index (χ0) is 13.6. The van der Waals surface area contributed by atoms with Crippen LogP contribution in [0.2, 0.25) is 0 Å². The van der Waals surface area contributed by atoms with Gasteiger partial charge in [-0.1, -0.05) is 0 Å². The summed E-state index contributed by atoms with van der Waals surface area (Å²) in [5.41, 5.74) is 0.597. The molecule has 0 radical (unpaired) electrons. The fourth-order valence-electron chi connectivity index (χ4n) is 2.29. The number of β-amino-alcohol motifs (C(OH)–C–C–N with tert-alkyl or cyclic N) is 1. The van der Waals surface area contributed by atoms with E-state index in [1.807, 2.05) is 0 Å². The monoisotopic (exact) mass is 373 g/mol. The molecule has 0 amide bonds. The molecule has 1 aromatic heterocycles. The average molecular weight is 374 g/mol. The molecule has 0 bridgehead atoms. The summed E-state index contributed by atoms with van der Waals surface area (Å²) in [5, 5.41) is 20.3. The normalized spacial score (nSPS) is 21.4. The molecule has 0 aromatic carbocycles. The van der Waals surface area contributed by atoms with E-state index in [4.69, 9.17) is 0 Å². The Morgan fingerprint density at radius 3 is 3.00 bits per heavy atom. The molecule has 124 valence electrons. The lowest BCUT2D eigenvalue weighted by atomic mass is 9.94. The van der Waals surface area contributed by atoms with Crippen molar-refractivity contribution < 1.29 is 5.11 Å². The maximum atomic E-state index is 10.3. The molecule has 1 atom stereocenters. The van der Waals surface area contributed by atoms with Gasteiger partial charge in [-0.2, -0.15) is 11.8 Å². The summed E-state index contributed by atoms with van der Waals surface area (Å²) < 4.78 is 0. The molecule has 2 heterocycles. The van der Waals surface area contributed by atoms with Crippen molar-refractivity contribution in [1.82, 2.24) is 15.6 Å². The van der Waals surface area contributed by atoms with Gasteiger partial charge in [-0.25, -0.2) is 4.98 Å². The van der Waals surface area contributed by atoms with E-state index < -0.39 is 5.60 Å². The lowest BCUT2D eigenvalue weighted by Crippen LogP contribution is -2.52. The fraction of sp³-hybridized carbons (Fsp3) is 0.769. The van der Waals surface area contributed by atoms with Crippen LogP contribution < -0.4 is 10.6 Å². The van der Waals surface area contributed by atoms with E-state index >= 15 is 0 Å². The van der Waals surface area contributed by atoms with Crippen LogP contribution in [0.3, 0.4) is 0 Å². The second-order valence-corrected chi connectivity index (χ2v) is 6.91. The van der Waals surface area contributed by atoms with Crippen molar-refractivity contribution in [3.63, 3.8) is 0 Å². The number of piperidine rings is 1. The van der Waals surface area contributed by atoms with Gasteiger partial charge in [-0.3, -0.25) is 0 Å². The van der Waals surface area contributed by atoms with E-state index in [1.54, 1.807) is 23.1 Å². The van der Waals surface area contributed by atoms with Crippen LogP contribution >= 0.6 is 47.9 Å². The largest absolute Gasteiger partial charge is 0.387 e. The van der Waals surface area contributed by atoms with Crippen LogP contribution in [0.5, 0.6) is 0 Å². The van der Waals surface area contributed by atoms with Crippen LogP contribution in [0.15, 0.2) is 5.38 Å². The Hall–Kier alpha value is 0.440.